The molecular formula is C20H17FN4O. The monoisotopic (exact) mass is 348 g/mol. The second kappa shape index (κ2) is 7.62. The SMILES string of the molecule is CCc1c(C(=O)Nc2ccc(CC#N)cc2)cnn1-c1ccc(F)cc1. The summed E-state index contributed by atoms with van der Waals surface area (Å²) >= 11 is 0. The van der Waals surface area contributed by atoms with E-state index in [0.29, 0.717) is 29.8 Å². The fraction of sp³-hybridized carbons (Fsp3) is 0.150. The number of benzene rings is 2. The zero-order valence-electron chi connectivity index (χ0n) is 14.2. The third-order valence-corrected chi connectivity index (χ3v) is 4.01. The van der Waals surface area contributed by atoms with Gasteiger partial charge in [-0.3, -0.25) is 4.79 Å². The molecule has 130 valence electrons. The number of carbonyl (C=O) groups excluding carboxylic acids is 1. The smallest absolute Gasteiger partial charge is 0.259 e. The first-order valence-electron chi connectivity index (χ1n) is 8.22. The van der Waals surface area contributed by atoms with E-state index < -0.39 is 0 Å². The number of hydrogen-bond donors (Lipinski definition) is 1. The molecule has 1 N–H and O–H groups in total. The van der Waals surface area contributed by atoms with Gasteiger partial charge in [0.1, 0.15) is 5.82 Å². The van der Waals surface area contributed by atoms with E-state index in [9.17, 15) is 9.18 Å². The summed E-state index contributed by atoms with van der Waals surface area (Å²) in [5.74, 6) is -0.583. The summed E-state index contributed by atoms with van der Waals surface area (Å²) in [4.78, 5) is 12.6. The van der Waals surface area contributed by atoms with Crippen molar-refractivity contribution in [3.05, 3.63) is 77.4 Å². The van der Waals surface area contributed by atoms with Crippen molar-refractivity contribution < 1.29 is 9.18 Å². The molecule has 26 heavy (non-hydrogen) atoms. The molecule has 0 aliphatic rings. The van der Waals surface area contributed by atoms with E-state index >= 15 is 0 Å². The van der Waals surface area contributed by atoms with Gasteiger partial charge in [0.05, 0.1) is 35.6 Å². The van der Waals surface area contributed by atoms with Gasteiger partial charge in [0, 0.05) is 5.69 Å². The number of aromatic nitrogens is 2. The molecule has 0 saturated carbocycles. The summed E-state index contributed by atoms with van der Waals surface area (Å²) in [6.07, 6.45) is 2.45. The third kappa shape index (κ3) is 3.62. The zero-order chi connectivity index (χ0) is 18.5. The van der Waals surface area contributed by atoms with Crippen LogP contribution >= 0.6 is 0 Å². The van der Waals surface area contributed by atoms with Gasteiger partial charge in [0.15, 0.2) is 0 Å². The first-order chi connectivity index (χ1) is 12.6. The number of carbonyl (C=O) groups is 1. The van der Waals surface area contributed by atoms with E-state index in [1.165, 1.54) is 18.3 Å². The lowest BCUT2D eigenvalue weighted by Crippen LogP contribution is -2.14. The van der Waals surface area contributed by atoms with Crippen LogP contribution in [0.5, 0.6) is 0 Å². The molecule has 0 aliphatic carbocycles. The maximum absolute atomic E-state index is 13.1. The number of halogens is 1. The Balaban J connectivity index is 1.83. The Labute approximate surface area is 150 Å². The van der Waals surface area contributed by atoms with Crippen LogP contribution in [0.2, 0.25) is 0 Å². The van der Waals surface area contributed by atoms with Gasteiger partial charge in [-0.25, -0.2) is 9.07 Å². The van der Waals surface area contributed by atoms with Gasteiger partial charge >= 0.3 is 0 Å². The number of nitriles is 1. The number of nitrogens with zero attached hydrogens (tertiary/aromatic N) is 3. The van der Waals surface area contributed by atoms with Crippen molar-refractivity contribution in [1.82, 2.24) is 9.78 Å². The summed E-state index contributed by atoms with van der Waals surface area (Å²) in [7, 11) is 0. The fourth-order valence-corrected chi connectivity index (χ4v) is 2.70. The molecule has 0 radical (unpaired) electrons. The van der Waals surface area contributed by atoms with E-state index in [1.807, 2.05) is 19.1 Å². The average molecular weight is 348 g/mol. The molecular weight excluding hydrogens is 331 g/mol. The molecule has 1 amide bonds. The van der Waals surface area contributed by atoms with E-state index in [4.69, 9.17) is 5.26 Å². The molecule has 0 saturated heterocycles. The lowest BCUT2D eigenvalue weighted by molar-refractivity contribution is 0.102. The topological polar surface area (TPSA) is 70.7 Å². The fourth-order valence-electron chi connectivity index (χ4n) is 2.70. The van der Waals surface area contributed by atoms with E-state index in [2.05, 4.69) is 16.5 Å². The van der Waals surface area contributed by atoms with Crippen molar-refractivity contribution in [1.29, 1.82) is 5.26 Å². The Bertz CT molecular complexity index is 953. The molecule has 1 aromatic heterocycles. The summed E-state index contributed by atoms with van der Waals surface area (Å²) in [6, 6.07) is 15.2. The first kappa shape index (κ1) is 17.4. The molecule has 2 aromatic carbocycles. The first-order valence-corrected chi connectivity index (χ1v) is 8.22. The Kier molecular flexibility index (Phi) is 5.09. The van der Waals surface area contributed by atoms with Crippen LogP contribution in [0.1, 0.15) is 28.5 Å². The van der Waals surface area contributed by atoms with Crippen LogP contribution in [-0.4, -0.2) is 15.7 Å². The molecule has 0 atom stereocenters. The van der Waals surface area contributed by atoms with Crippen molar-refractivity contribution in [2.24, 2.45) is 0 Å². The molecule has 0 unspecified atom stereocenters. The van der Waals surface area contributed by atoms with Crippen LogP contribution in [0, 0.1) is 17.1 Å². The summed E-state index contributed by atoms with van der Waals surface area (Å²) in [5, 5.41) is 15.8. The number of anilines is 1. The highest BCUT2D eigenvalue weighted by atomic mass is 19.1. The second-order valence-corrected chi connectivity index (χ2v) is 5.73. The zero-order valence-corrected chi connectivity index (χ0v) is 14.2. The highest BCUT2D eigenvalue weighted by Crippen LogP contribution is 2.18. The van der Waals surface area contributed by atoms with E-state index in [-0.39, 0.29) is 11.7 Å². The van der Waals surface area contributed by atoms with Gasteiger partial charge in [-0.15, -0.1) is 0 Å². The van der Waals surface area contributed by atoms with Crippen molar-refractivity contribution in [3.63, 3.8) is 0 Å². The van der Waals surface area contributed by atoms with Crippen LogP contribution in [0.25, 0.3) is 5.69 Å². The lowest BCUT2D eigenvalue weighted by Gasteiger charge is -2.09. The number of amides is 1. The molecule has 3 rings (SSSR count). The largest absolute Gasteiger partial charge is 0.322 e. The van der Waals surface area contributed by atoms with Gasteiger partial charge in [-0.2, -0.15) is 10.4 Å². The van der Waals surface area contributed by atoms with Crippen molar-refractivity contribution >= 4 is 11.6 Å². The summed E-state index contributed by atoms with van der Waals surface area (Å²) in [6.45, 7) is 1.94. The highest BCUT2D eigenvalue weighted by Gasteiger charge is 2.17. The molecule has 3 aromatic rings. The average Bonchev–Trinajstić information content (AvgIpc) is 3.08. The van der Waals surface area contributed by atoms with E-state index in [1.54, 1.807) is 28.9 Å². The highest BCUT2D eigenvalue weighted by molar-refractivity contribution is 6.05. The molecule has 0 aliphatic heterocycles. The summed E-state index contributed by atoms with van der Waals surface area (Å²) < 4.78 is 14.8. The lowest BCUT2D eigenvalue weighted by atomic mass is 10.1. The van der Waals surface area contributed by atoms with Crippen LogP contribution in [0.15, 0.2) is 54.7 Å². The Hall–Kier alpha value is -3.46. The molecule has 0 spiro atoms. The predicted molar refractivity (Wildman–Crippen MR) is 96.6 cm³/mol. The minimum atomic E-state index is -0.322. The Morgan fingerprint density at radius 2 is 1.88 bits per heavy atom. The Morgan fingerprint density at radius 1 is 1.19 bits per heavy atom. The third-order valence-electron chi connectivity index (χ3n) is 4.01. The van der Waals surface area contributed by atoms with Gasteiger partial charge in [0.25, 0.3) is 5.91 Å². The number of nitrogens with one attached hydrogen (secondary N) is 1. The van der Waals surface area contributed by atoms with Crippen LogP contribution in [0.3, 0.4) is 0 Å². The second-order valence-electron chi connectivity index (χ2n) is 5.73. The van der Waals surface area contributed by atoms with Crippen molar-refractivity contribution in [2.75, 3.05) is 5.32 Å². The standard InChI is InChI=1S/C20H17FN4O/c1-2-19-18(13-23-25(19)17-9-5-15(21)6-10-17)20(26)24-16-7-3-14(4-8-16)11-12-22/h3-10,13H,2,11H2,1H3,(H,24,26). The maximum Gasteiger partial charge on any atom is 0.259 e. The van der Waals surface area contributed by atoms with Gasteiger partial charge in [-0.1, -0.05) is 19.1 Å². The van der Waals surface area contributed by atoms with Crippen LogP contribution in [0.4, 0.5) is 10.1 Å². The quantitative estimate of drug-likeness (QED) is 0.760. The van der Waals surface area contributed by atoms with Gasteiger partial charge in [-0.05, 0) is 48.4 Å². The van der Waals surface area contributed by atoms with Gasteiger partial charge < -0.3 is 5.32 Å². The number of hydrogen-bond acceptors (Lipinski definition) is 3. The predicted octanol–water partition coefficient (Wildman–Crippen LogP) is 3.89. The minimum Gasteiger partial charge on any atom is -0.322 e. The van der Waals surface area contributed by atoms with Crippen LogP contribution < -0.4 is 5.32 Å². The minimum absolute atomic E-state index is 0.261. The normalized spacial score (nSPS) is 10.3. The molecule has 5 nitrogen and oxygen atoms in total. The van der Waals surface area contributed by atoms with E-state index in [0.717, 1.165) is 11.3 Å². The van der Waals surface area contributed by atoms with Crippen molar-refractivity contribution in [2.45, 2.75) is 19.8 Å². The Morgan fingerprint density at radius 3 is 2.50 bits per heavy atom. The maximum atomic E-state index is 13.1. The van der Waals surface area contributed by atoms with Gasteiger partial charge in [0.2, 0.25) is 0 Å². The van der Waals surface area contributed by atoms with Crippen molar-refractivity contribution in [3.8, 4) is 11.8 Å². The molecule has 0 bridgehead atoms. The number of rotatable bonds is 5. The summed E-state index contributed by atoms with van der Waals surface area (Å²) in [5.41, 5.74) is 3.45. The van der Waals surface area contributed by atoms with Crippen LogP contribution in [-0.2, 0) is 12.8 Å². The molecule has 0 fully saturated rings. The molecule has 6 heteroatoms. The molecule has 1 heterocycles.